The van der Waals surface area contributed by atoms with Crippen LogP contribution in [-0.2, 0) is 0 Å². The van der Waals surface area contributed by atoms with E-state index in [9.17, 15) is 4.79 Å². The Kier molecular flexibility index (Phi) is 2.62. The molecule has 0 N–H and O–H groups in total. The first kappa shape index (κ1) is 10.5. The van der Waals surface area contributed by atoms with Gasteiger partial charge in [-0.05, 0) is 36.8 Å². The Labute approximate surface area is 104 Å². The van der Waals surface area contributed by atoms with Crippen molar-refractivity contribution in [3.8, 4) is 0 Å². The van der Waals surface area contributed by atoms with Crippen molar-refractivity contribution in [1.29, 1.82) is 0 Å². The summed E-state index contributed by atoms with van der Waals surface area (Å²) in [5, 5.41) is 0. The van der Waals surface area contributed by atoms with Crippen LogP contribution in [0.15, 0.2) is 28.7 Å². The number of fused-ring (bicyclic) bond motifs is 1. The quantitative estimate of drug-likeness (QED) is 0.746. The molecule has 2 fully saturated rings. The minimum absolute atomic E-state index is 0.351. The van der Waals surface area contributed by atoms with Gasteiger partial charge in [0.1, 0.15) is 0 Å². The van der Waals surface area contributed by atoms with Gasteiger partial charge in [0.15, 0.2) is 5.78 Å². The summed E-state index contributed by atoms with van der Waals surface area (Å²) in [5.41, 5.74) is 0.891. The summed E-state index contributed by atoms with van der Waals surface area (Å²) in [6, 6.07) is 7.80. The minimum atomic E-state index is 0.351. The maximum absolute atomic E-state index is 12.3. The topological polar surface area (TPSA) is 17.1 Å². The zero-order valence-electron chi connectivity index (χ0n) is 9.16. The van der Waals surface area contributed by atoms with Crippen LogP contribution < -0.4 is 0 Å². The largest absolute Gasteiger partial charge is 0.294 e. The Morgan fingerprint density at radius 3 is 2.19 bits per heavy atom. The van der Waals surface area contributed by atoms with Crippen molar-refractivity contribution in [2.75, 3.05) is 0 Å². The summed E-state index contributed by atoms with van der Waals surface area (Å²) in [6.07, 6.45) is 5.20. The van der Waals surface area contributed by atoms with Crippen molar-refractivity contribution < 1.29 is 4.79 Å². The number of carbonyl (C=O) groups excluding carboxylic acids is 1. The normalized spacial score (nSPS) is 31.9. The fourth-order valence-corrected chi connectivity index (χ4v) is 3.45. The molecule has 2 heteroatoms. The molecule has 2 atom stereocenters. The number of hydrogen-bond donors (Lipinski definition) is 0. The molecule has 0 amide bonds. The Morgan fingerprint density at radius 2 is 1.62 bits per heavy atom. The zero-order valence-corrected chi connectivity index (χ0v) is 10.7. The molecule has 0 saturated heterocycles. The third-order valence-electron chi connectivity index (χ3n) is 4.09. The van der Waals surface area contributed by atoms with Crippen LogP contribution in [0.5, 0.6) is 0 Å². The second-order valence-corrected chi connectivity index (χ2v) is 5.92. The molecule has 84 valence electrons. The Morgan fingerprint density at radius 1 is 1.06 bits per heavy atom. The van der Waals surface area contributed by atoms with Crippen LogP contribution in [0, 0.1) is 17.8 Å². The Hall–Kier alpha value is -0.630. The average molecular weight is 279 g/mol. The van der Waals surface area contributed by atoms with Gasteiger partial charge in [-0.15, -0.1) is 0 Å². The van der Waals surface area contributed by atoms with E-state index < -0.39 is 0 Å². The third-order valence-corrected chi connectivity index (χ3v) is 4.62. The molecule has 3 rings (SSSR count). The second kappa shape index (κ2) is 3.99. The van der Waals surface area contributed by atoms with E-state index in [1.165, 1.54) is 25.7 Å². The van der Waals surface area contributed by atoms with Gasteiger partial charge in [0, 0.05) is 16.0 Å². The van der Waals surface area contributed by atoms with Gasteiger partial charge >= 0.3 is 0 Å². The van der Waals surface area contributed by atoms with Gasteiger partial charge in [0.25, 0.3) is 0 Å². The maximum atomic E-state index is 12.3. The predicted octanol–water partition coefficient (Wildman–Crippen LogP) is 4.07. The highest BCUT2D eigenvalue weighted by Gasteiger charge is 2.54. The third kappa shape index (κ3) is 1.73. The van der Waals surface area contributed by atoms with Crippen molar-refractivity contribution in [3.05, 3.63) is 34.3 Å². The first-order chi connectivity index (χ1) is 7.77. The molecule has 1 aromatic rings. The molecule has 2 aliphatic carbocycles. The molecule has 2 unspecified atom stereocenters. The molecule has 2 saturated carbocycles. The van der Waals surface area contributed by atoms with Crippen molar-refractivity contribution in [2.45, 2.75) is 25.7 Å². The molecule has 16 heavy (non-hydrogen) atoms. The number of rotatable bonds is 2. The highest BCUT2D eigenvalue weighted by molar-refractivity contribution is 9.10. The maximum Gasteiger partial charge on any atom is 0.166 e. The summed E-state index contributed by atoms with van der Waals surface area (Å²) in [4.78, 5) is 12.3. The van der Waals surface area contributed by atoms with E-state index in [1.807, 2.05) is 24.3 Å². The fraction of sp³-hybridized carbons (Fsp3) is 0.500. The Balaban J connectivity index is 1.76. The number of halogens is 1. The van der Waals surface area contributed by atoms with Crippen molar-refractivity contribution >= 4 is 21.7 Å². The van der Waals surface area contributed by atoms with E-state index in [1.54, 1.807) is 0 Å². The first-order valence-corrected chi connectivity index (χ1v) is 6.86. The molecule has 2 aliphatic rings. The minimum Gasteiger partial charge on any atom is -0.294 e. The number of benzene rings is 1. The number of Topliss-reactive ketones (excluding diaryl/α,β-unsaturated/α-hetero) is 1. The molecule has 0 aliphatic heterocycles. The smallest absolute Gasteiger partial charge is 0.166 e. The van der Waals surface area contributed by atoms with E-state index in [2.05, 4.69) is 15.9 Å². The summed E-state index contributed by atoms with van der Waals surface area (Å²) < 4.78 is 1.04. The second-order valence-electron chi connectivity index (χ2n) is 5.01. The molecule has 0 spiro atoms. The fourth-order valence-electron chi connectivity index (χ4n) is 3.19. The van der Waals surface area contributed by atoms with Gasteiger partial charge in [-0.3, -0.25) is 4.79 Å². The van der Waals surface area contributed by atoms with E-state index in [4.69, 9.17) is 0 Å². The molecule has 0 bridgehead atoms. The van der Waals surface area contributed by atoms with Crippen LogP contribution in [0.25, 0.3) is 0 Å². The van der Waals surface area contributed by atoms with E-state index >= 15 is 0 Å². The molecule has 0 radical (unpaired) electrons. The summed E-state index contributed by atoms with van der Waals surface area (Å²) in [6.45, 7) is 0. The first-order valence-electron chi connectivity index (χ1n) is 6.07. The summed E-state index contributed by atoms with van der Waals surface area (Å²) in [7, 11) is 0. The Bertz CT molecular complexity index is 397. The lowest BCUT2D eigenvalue weighted by Gasteiger charge is -2.04. The van der Waals surface area contributed by atoms with Gasteiger partial charge < -0.3 is 0 Å². The molecule has 1 aromatic carbocycles. The molecular formula is C14H15BrO. The number of ketones is 1. The van der Waals surface area contributed by atoms with E-state index in [0.717, 1.165) is 10.0 Å². The van der Waals surface area contributed by atoms with Crippen molar-refractivity contribution in [2.24, 2.45) is 17.8 Å². The van der Waals surface area contributed by atoms with Gasteiger partial charge in [0.05, 0.1) is 0 Å². The van der Waals surface area contributed by atoms with Crippen LogP contribution in [0.1, 0.15) is 36.0 Å². The van der Waals surface area contributed by atoms with Crippen molar-refractivity contribution in [3.63, 3.8) is 0 Å². The lowest BCUT2D eigenvalue weighted by atomic mass is 10.0. The van der Waals surface area contributed by atoms with Crippen LogP contribution in [-0.4, -0.2) is 5.78 Å². The van der Waals surface area contributed by atoms with Crippen LogP contribution in [0.2, 0.25) is 0 Å². The van der Waals surface area contributed by atoms with Crippen LogP contribution in [0.3, 0.4) is 0 Å². The summed E-state index contributed by atoms with van der Waals surface area (Å²) in [5.74, 6) is 2.16. The zero-order chi connectivity index (χ0) is 11.1. The SMILES string of the molecule is O=C(c1ccc(Br)cc1)C1C2CCCCC21. The van der Waals surface area contributed by atoms with Gasteiger partial charge in [-0.25, -0.2) is 0 Å². The molecule has 1 nitrogen and oxygen atoms in total. The summed E-state index contributed by atoms with van der Waals surface area (Å²) >= 11 is 3.40. The van der Waals surface area contributed by atoms with Crippen LogP contribution in [0.4, 0.5) is 0 Å². The van der Waals surface area contributed by atoms with Gasteiger partial charge in [0.2, 0.25) is 0 Å². The predicted molar refractivity (Wildman–Crippen MR) is 67.4 cm³/mol. The van der Waals surface area contributed by atoms with Gasteiger partial charge in [-0.2, -0.15) is 0 Å². The lowest BCUT2D eigenvalue weighted by Crippen LogP contribution is -2.03. The number of carbonyl (C=O) groups is 1. The van der Waals surface area contributed by atoms with Crippen molar-refractivity contribution in [1.82, 2.24) is 0 Å². The monoisotopic (exact) mass is 278 g/mol. The molecule has 0 aromatic heterocycles. The molecule has 0 heterocycles. The lowest BCUT2D eigenvalue weighted by molar-refractivity contribution is 0.0956. The molecular weight excluding hydrogens is 264 g/mol. The highest BCUT2D eigenvalue weighted by atomic mass is 79.9. The highest BCUT2D eigenvalue weighted by Crippen LogP contribution is 2.56. The van der Waals surface area contributed by atoms with E-state index in [-0.39, 0.29) is 0 Å². The van der Waals surface area contributed by atoms with Crippen LogP contribution >= 0.6 is 15.9 Å². The number of hydrogen-bond acceptors (Lipinski definition) is 1. The average Bonchev–Trinajstić information content (AvgIpc) is 3.03. The van der Waals surface area contributed by atoms with E-state index in [0.29, 0.717) is 23.5 Å². The standard InChI is InChI=1S/C14H15BrO/c15-10-7-5-9(6-8-10)14(16)13-11-3-1-2-4-12(11)13/h5-8,11-13H,1-4H2. The van der Waals surface area contributed by atoms with Gasteiger partial charge in [-0.1, -0.05) is 40.9 Å².